The lowest BCUT2D eigenvalue weighted by atomic mass is 10.2. The first-order valence-electron chi connectivity index (χ1n) is 8.81. The van der Waals surface area contributed by atoms with Crippen molar-refractivity contribution in [2.75, 3.05) is 45.3 Å². The summed E-state index contributed by atoms with van der Waals surface area (Å²) in [5.41, 5.74) is -0.190. The number of anilines is 1. The van der Waals surface area contributed by atoms with Crippen molar-refractivity contribution in [2.45, 2.75) is 11.1 Å². The van der Waals surface area contributed by atoms with E-state index in [1.807, 2.05) is 11.0 Å². The molecule has 0 atom stereocenters. The van der Waals surface area contributed by atoms with Crippen molar-refractivity contribution in [3.8, 4) is 11.5 Å². The van der Waals surface area contributed by atoms with E-state index in [0.29, 0.717) is 30.7 Å². The Morgan fingerprint density at radius 3 is 2.21 bits per heavy atom. The molecule has 0 radical (unpaired) electrons. The highest BCUT2D eigenvalue weighted by molar-refractivity contribution is 7.89. The first-order chi connectivity index (χ1) is 13.7. The molecule has 0 aliphatic carbocycles. The third-order valence-electron chi connectivity index (χ3n) is 4.77. The zero-order chi connectivity index (χ0) is 21.2. The van der Waals surface area contributed by atoms with E-state index in [9.17, 15) is 21.6 Å². The molecular weight excluding hydrogens is 409 g/mol. The smallest absolute Gasteiger partial charge is 0.416 e. The van der Waals surface area contributed by atoms with E-state index in [1.165, 1.54) is 17.5 Å². The minimum Gasteiger partial charge on any atom is -0.497 e. The summed E-state index contributed by atoms with van der Waals surface area (Å²) in [7, 11) is -0.940. The second-order valence-electron chi connectivity index (χ2n) is 6.45. The van der Waals surface area contributed by atoms with Gasteiger partial charge in [0.2, 0.25) is 10.0 Å². The fraction of sp³-hybridized carbons (Fsp3) is 0.368. The summed E-state index contributed by atoms with van der Waals surface area (Å²) in [6.07, 6.45) is -4.60. The van der Waals surface area contributed by atoms with Crippen LogP contribution in [0.4, 0.5) is 18.9 Å². The van der Waals surface area contributed by atoms with Crippen molar-refractivity contribution in [3.63, 3.8) is 0 Å². The van der Waals surface area contributed by atoms with Gasteiger partial charge in [-0.2, -0.15) is 17.5 Å². The fourth-order valence-electron chi connectivity index (χ4n) is 3.20. The summed E-state index contributed by atoms with van der Waals surface area (Å²) in [6, 6.07) is 9.16. The minimum atomic E-state index is -4.60. The first-order valence-corrected chi connectivity index (χ1v) is 10.2. The van der Waals surface area contributed by atoms with Crippen molar-refractivity contribution in [2.24, 2.45) is 0 Å². The molecule has 0 bridgehead atoms. The Morgan fingerprint density at radius 1 is 0.931 bits per heavy atom. The first kappa shape index (κ1) is 21.3. The van der Waals surface area contributed by atoms with E-state index < -0.39 is 21.8 Å². The van der Waals surface area contributed by atoms with E-state index in [2.05, 4.69) is 0 Å². The van der Waals surface area contributed by atoms with Crippen LogP contribution in [0.25, 0.3) is 0 Å². The highest BCUT2D eigenvalue weighted by Gasteiger charge is 2.34. The molecule has 1 aliphatic heterocycles. The number of piperazine rings is 1. The number of halogens is 3. The highest BCUT2D eigenvalue weighted by atomic mass is 32.2. The van der Waals surface area contributed by atoms with Crippen molar-refractivity contribution in [3.05, 3.63) is 48.0 Å². The normalized spacial score (nSPS) is 16.0. The van der Waals surface area contributed by atoms with Crippen molar-refractivity contribution in [1.82, 2.24) is 4.31 Å². The number of sulfonamides is 1. The lowest BCUT2D eigenvalue weighted by molar-refractivity contribution is -0.137. The Kier molecular flexibility index (Phi) is 5.95. The Balaban J connectivity index is 1.77. The maximum absolute atomic E-state index is 12.9. The van der Waals surface area contributed by atoms with Crippen molar-refractivity contribution in [1.29, 1.82) is 0 Å². The van der Waals surface area contributed by atoms with Gasteiger partial charge in [-0.25, -0.2) is 8.42 Å². The molecule has 6 nitrogen and oxygen atoms in total. The summed E-state index contributed by atoms with van der Waals surface area (Å²) in [4.78, 5) is 1.61. The zero-order valence-electron chi connectivity index (χ0n) is 15.9. The molecule has 1 aliphatic rings. The van der Waals surface area contributed by atoms with Gasteiger partial charge in [-0.05, 0) is 30.3 Å². The standard InChI is InChI=1S/C19H21F3N2O4S/c1-27-15-6-7-17(18(13-15)28-2)23-8-10-24(11-9-23)29(25,26)16-5-3-4-14(12-16)19(20,21)22/h3-7,12-13H,8-11H2,1-2H3. The molecule has 1 saturated heterocycles. The SMILES string of the molecule is COc1ccc(N2CCN(S(=O)(=O)c3cccc(C(F)(F)F)c3)CC2)c(OC)c1. The van der Waals surface area contributed by atoms with Gasteiger partial charge < -0.3 is 14.4 Å². The van der Waals surface area contributed by atoms with Crippen molar-refractivity contribution >= 4 is 15.7 Å². The quantitative estimate of drug-likeness (QED) is 0.729. The van der Waals surface area contributed by atoms with Gasteiger partial charge in [-0.1, -0.05) is 6.07 Å². The van der Waals surface area contributed by atoms with Gasteiger partial charge in [0.25, 0.3) is 0 Å². The van der Waals surface area contributed by atoms with E-state index >= 15 is 0 Å². The van der Waals surface area contributed by atoms with Crippen LogP contribution in [0.2, 0.25) is 0 Å². The molecule has 2 aromatic carbocycles. The summed E-state index contributed by atoms with van der Waals surface area (Å²) in [5.74, 6) is 1.23. The number of methoxy groups -OCH3 is 2. The number of rotatable bonds is 5. The molecule has 2 aromatic rings. The molecule has 158 valence electrons. The second kappa shape index (κ2) is 8.11. The van der Waals surface area contributed by atoms with Gasteiger partial charge >= 0.3 is 6.18 Å². The highest BCUT2D eigenvalue weighted by Crippen LogP contribution is 2.34. The molecule has 0 amide bonds. The molecule has 0 aromatic heterocycles. The number of nitrogens with zero attached hydrogens (tertiary/aromatic N) is 2. The predicted molar refractivity (Wildman–Crippen MR) is 102 cm³/mol. The van der Waals surface area contributed by atoms with Gasteiger partial charge in [-0.15, -0.1) is 0 Å². The Labute approximate surface area is 167 Å². The van der Waals surface area contributed by atoms with Crippen LogP contribution in [-0.4, -0.2) is 53.1 Å². The molecule has 1 heterocycles. The van der Waals surface area contributed by atoms with Crippen LogP contribution >= 0.6 is 0 Å². The van der Waals surface area contributed by atoms with Gasteiger partial charge in [0.15, 0.2) is 0 Å². The Bertz CT molecular complexity index is 972. The Hall–Kier alpha value is -2.46. The summed E-state index contributed by atoms with van der Waals surface area (Å²) in [6.45, 7) is 1.04. The van der Waals surface area contributed by atoms with Gasteiger partial charge in [0, 0.05) is 32.2 Å². The van der Waals surface area contributed by atoms with Crippen LogP contribution in [-0.2, 0) is 16.2 Å². The summed E-state index contributed by atoms with van der Waals surface area (Å²) in [5, 5.41) is 0. The number of benzene rings is 2. The van der Waals surface area contributed by atoms with E-state index in [4.69, 9.17) is 9.47 Å². The number of hydrogen-bond donors (Lipinski definition) is 0. The third kappa shape index (κ3) is 4.43. The fourth-order valence-corrected chi connectivity index (χ4v) is 4.67. The predicted octanol–water partition coefficient (Wildman–Crippen LogP) is 3.23. The second-order valence-corrected chi connectivity index (χ2v) is 8.39. The third-order valence-corrected chi connectivity index (χ3v) is 6.66. The molecule has 3 rings (SSSR count). The summed E-state index contributed by atoms with van der Waals surface area (Å²) >= 11 is 0. The number of alkyl halides is 3. The molecule has 1 fully saturated rings. The topological polar surface area (TPSA) is 59.1 Å². The van der Waals surface area contributed by atoms with Gasteiger partial charge in [-0.3, -0.25) is 0 Å². The molecule has 29 heavy (non-hydrogen) atoms. The Morgan fingerprint density at radius 2 is 1.62 bits per heavy atom. The maximum atomic E-state index is 12.9. The lowest BCUT2D eigenvalue weighted by Crippen LogP contribution is -2.48. The molecular formula is C19H21F3N2O4S. The molecule has 0 unspecified atom stereocenters. The molecule has 10 heteroatoms. The number of ether oxygens (including phenoxy) is 2. The lowest BCUT2D eigenvalue weighted by Gasteiger charge is -2.36. The van der Waals surface area contributed by atoms with E-state index in [-0.39, 0.29) is 18.0 Å². The van der Waals surface area contributed by atoms with E-state index in [0.717, 1.165) is 17.8 Å². The van der Waals surface area contributed by atoms with E-state index in [1.54, 1.807) is 19.2 Å². The van der Waals surface area contributed by atoms with Crippen LogP contribution in [0.5, 0.6) is 11.5 Å². The van der Waals surface area contributed by atoms with Crippen LogP contribution in [0.1, 0.15) is 5.56 Å². The van der Waals surface area contributed by atoms with Crippen LogP contribution in [0.15, 0.2) is 47.4 Å². The summed E-state index contributed by atoms with van der Waals surface area (Å²) < 4.78 is 76.2. The number of hydrogen-bond acceptors (Lipinski definition) is 5. The van der Waals surface area contributed by atoms with Crippen LogP contribution in [0, 0.1) is 0 Å². The molecule has 0 saturated carbocycles. The van der Waals surface area contributed by atoms with Crippen molar-refractivity contribution < 1.29 is 31.1 Å². The minimum absolute atomic E-state index is 0.147. The molecule has 0 N–H and O–H groups in total. The maximum Gasteiger partial charge on any atom is 0.416 e. The van der Waals surface area contributed by atoms with Gasteiger partial charge in [0.05, 0.1) is 30.4 Å². The van der Waals surface area contributed by atoms with Crippen LogP contribution in [0.3, 0.4) is 0 Å². The zero-order valence-corrected chi connectivity index (χ0v) is 16.8. The van der Waals surface area contributed by atoms with Gasteiger partial charge in [0.1, 0.15) is 11.5 Å². The van der Waals surface area contributed by atoms with Crippen LogP contribution < -0.4 is 14.4 Å². The molecule has 0 spiro atoms. The average molecular weight is 430 g/mol. The average Bonchev–Trinajstić information content (AvgIpc) is 2.72. The monoisotopic (exact) mass is 430 g/mol. The largest absolute Gasteiger partial charge is 0.497 e.